The fourth-order valence-corrected chi connectivity index (χ4v) is 2.66. The fraction of sp³-hybridized carbons (Fsp3) is 0.133. The van der Waals surface area contributed by atoms with Crippen molar-refractivity contribution in [3.8, 4) is 0 Å². The van der Waals surface area contributed by atoms with E-state index < -0.39 is 0 Å². The normalized spacial score (nSPS) is 10.4. The molecule has 0 radical (unpaired) electrons. The zero-order chi connectivity index (χ0) is 15.4. The first-order valence-corrected chi connectivity index (χ1v) is 7.78. The van der Waals surface area contributed by atoms with Gasteiger partial charge < -0.3 is 9.88 Å². The topological polar surface area (TPSA) is 36.1 Å². The van der Waals surface area contributed by atoms with Crippen molar-refractivity contribution in [2.24, 2.45) is 0 Å². The van der Waals surface area contributed by atoms with E-state index in [1.165, 1.54) is 11.0 Å². The Labute approximate surface area is 139 Å². The number of halogens is 3. The van der Waals surface area contributed by atoms with E-state index in [0.717, 1.165) is 8.95 Å². The van der Waals surface area contributed by atoms with Crippen molar-refractivity contribution >= 4 is 37.8 Å². The Kier molecular flexibility index (Phi) is 5.36. The van der Waals surface area contributed by atoms with Gasteiger partial charge in [0.2, 0.25) is 0 Å². The van der Waals surface area contributed by atoms with Crippen molar-refractivity contribution in [2.45, 2.75) is 6.54 Å². The van der Waals surface area contributed by atoms with Gasteiger partial charge in [-0.05, 0) is 40.2 Å². The number of nitrogens with one attached hydrogen (secondary N) is 1. The molecule has 2 rings (SSSR count). The highest BCUT2D eigenvalue weighted by molar-refractivity contribution is 9.10. The minimum atomic E-state index is -0.340. The molecule has 0 atom stereocenters. The van der Waals surface area contributed by atoms with Crippen LogP contribution >= 0.6 is 31.9 Å². The Morgan fingerprint density at radius 3 is 2.71 bits per heavy atom. The minimum Gasteiger partial charge on any atom is -0.356 e. The number of carbonyl (C=O) groups is 1. The predicted molar refractivity (Wildman–Crippen MR) is 87.5 cm³/mol. The molecular weight excluding hydrogens is 403 g/mol. The van der Waals surface area contributed by atoms with Crippen LogP contribution in [0.3, 0.4) is 0 Å². The molecule has 0 aliphatic heterocycles. The smallest absolute Gasteiger partial charge is 0.270 e. The van der Waals surface area contributed by atoms with Crippen LogP contribution < -0.4 is 0 Å². The summed E-state index contributed by atoms with van der Waals surface area (Å²) in [6.07, 6.45) is 3.30. The van der Waals surface area contributed by atoms with E-state index in [2.05, 4.69) is 43.4 Å². The van der Waals surface area contributed by atoms with Gasteiger partial charge in [-0.2, -0.15) is 0 Å². The zero-order valence-electron chi connectivity index (χ0n) is 11.1. The van der Waals surface area contributed by atoms with Crippen molar-refractivity contribution in [2.75, 3.05) is 6.54 Å². The summed E-state index contributed by atoms with van der Waals surface area (Å²) in [6, 6.07) is 6.36. The highest BCUT2D eigenvalue weighted by Crippen LogP contribution is 2.19. The van der Waals surface area contributed by atoms with E-state index in [1.807, 2.05) is 0 Å². The molecule has 0 aliphatic carbocycles. The molecule has 0 saturated carbocycles. The maximum atomic E-state index is 13.8. The lowest BCUT2D eigenvalue weighted by molar-refractivity contribution is 0.0756. The van der Waals surface area contributed by atoms with Gasteiger partial charge in [-0.1, -0.05) is 22.0 Å². The summed E-state index contributed by atoms with van der Waals surface area (Å²) in [5, 5.41) is 0. The average Bonchev–Trinajstić information content (AvgIpc) is 2.88. The molecular formula is C15H13Br2FN2O. The van der Waals surface area contributed by atoms with E-state index in [9.17, 15) is 9.18 Å². The Morgan fingerprint density at radius 2 is 2.10 bits per heavy atom. The van der Waals surface area contributed by atoms with E-state index >= 15 is 0 Å². The zero-order valence-corrected chi connectivity index (χ0v) is 14.2. The van der Waals surface area contributed by atoms with E-state index in [0.29, 0.717) is 17.8 Å². The molecule has 0 saturated heterocycles. The molecule has 1 aromatic carbocycles. The van der Waals surface area contributed by atoms with E-state index in [4.69, 9.17) is 0 Å². The number of carbonyl (C=O) groups excluding carboxylic acids is 1. The molecule has 0 spiro atoms. The molecule has 0 aliphatic rings. The number of aromatic amines is 1. The van der Waals surface area contributed by atoms with Crippen molar-refractivity contribution in [3.63, 3.8) is 0 Å². The van der Waals surface area contributed by atoms with E-state index in [1.54, 1.807) is 30.5 Å². The number of nitrogens with zero attached hydrogens (tertiary/aromatic N) is 1. The molecule has 3 nitrogen and oxygen atoms in total. The monoisotopic (exact) mass is 414 g/mol. The van der Waals surface area contributed by atoms with Crippen LogP contribution in [0, 0.1) is 5.82 Å². The molecule has 0 bridgehead atoms. The Morgan fingerprint density at radius 1 is 1.33 bits per heavy atom. The van der Waals surface area contributed by atoms with Gasteiger partial charge in [-0.15, -0.1) is 6.58 Å². The molecule has 1 amide bonds. The van der Waals surface area contributed by atoms with Crippen molar-refractivity contribution < 1.29 is 9.18 Å². The van der Waals surface area contributed by atoms with Gasteiger partial charge in [-0.3, -0.25) is 4.79 Å². The third kappa shape index (κ3) is 4.04. The van der Waals surface area contributed by atoms with Crippen molar-refractivity contribution in [1.29, 1.82) is 0 Å². The Hall–Kier alpha value is -1.40. The Balaban J connectivity index is 2.24. The molecule has 0 unspecified atom stereocenters. The van der Waals surface area contributed by atoms with Crippen LogP contribution in [0.15, 0.2) is 52.1 Å². The molecule has 0 fully saturated rings. The van der Waals surface area contributed by atoms with Gasteiger partial charge in [0.15, 0.2) is 0 Å². The number of rotatable bonds is 5. The minimum absolute atomic E-state index is 0.173. The SMILES string of the molecule is C=CCN(Cc1cc(Br)ccc1F)C(=O)c1cc(Br)c[nH]1. The second kappa shape index (κ2) is 7.04. The van der Waals surface area contributed by atoms with Crippen LogP contribution in [0.2, 0.25) is 0 Å². The van der Waals surface area contributed by atoms with Crippen LogP contribution in [0.5, 0.6) is 0 Å². The molecule has 1 heterocycles. The molecule has 6 heteroatoms. The lowest BCUT2D eigenvalue weighted by Gasteiger charge is -2.21. The van der Waals surface area contributed by atoms with Gasteiger partial charge in [0.1, 0.15) is 11.5 Å². The predicted octanol–water partition coefficient (Wildman–Crippen LogP) is 4.51. The van der Waals surface area contributed by atoms with Gasteiger partial charge in [0.05, 0.1) is 0 Å². The maximum Gasteiger partial charge on any atom is 0.270 e. The van der Waals surface area contributed by atoms with Gasteiger partial charge in [-0.25, -0.2) is 4.39 Å². The number of H-pyrrole nitrogens is 1. The summed E-state index contributed by atoms with van der Waals surface area (Å²) in [7, 11) is 0. The number of hydrogen-bond acceptors (Lipinski definition) is 1. The van der Waals surface area contributed by atoms with Gasteiger partial charge in [0, 0.05) is 33.8 Å². The first kappa shape index (κ1) is 16.0. The summed E-state index contributed by atoms with van der Waals surface area (Å²) in [4.78, 5) is 16.8. The average molecular weight is 416 g/mol. The summed E-state index contributed by atoms with van der Waals surface area (Å²) in [5.74, 6) is -0.548. The molecule has 21 heavy (non-hydrogen) atoms. The standard InChI is InChI=1S/C15H13Br2FN2O/c1-2-5-20(15(21)14-7-12(17)8-19-14)9-10-6-11(16)3-4-13(10)18/h2-4,6-8,19H,1,5,9H2. The first-order valence-electron chi connectivity index (χ1n) is 6.19. The quantitative estimate of drug-likeness (QED) is 0.716. The summed E-state index contributed by atoms with van der Waals surface area (Å²) in [6.45, 7) is 4.16. The number of benzene rings is 1. The highest BCUT2D eigenvalue weighted by Gasteiger charge is 2.18. The third-order valence-electron chi connectivity index (χ3n) is 2.88. The van der Waals surface area contributed by atoms with Crippen molar-refractivity contribution in [3.05, 3.63) is 69.1 Å². The molecule has 1 aromatic heterocycles. The lowest BCUT2D eigenvalue weighted by atomic mass is 10.2. The van der Waals surface area contributed by atoms with Crippen LogP contribution in [0.4, 0.5) is 4.39 Å². The van der Waals surface area contributed by atoms with Crippen LogP contribution in [0.1, 0.15) is 16.1 Å². The largest absolute Gasteiger partial charge is 0.356 e. The van der Waals surface area contributed by atoms with Crippen molar-refractivity contribution in [1.82, 2.24) is 9.88 Å². The second-order valence-electron chi connectivity index (χ2n) is 4.44. The summed E-state index contributed by atoms with van der Waals surface area (Å²) >= 11 is 6.60. The summed E-state index contributed by atoms with van der Waals surface area (Å²) < 4.78 is 15.4. The molecule has 2 aromatic rings. The number of aromatic nitrogens is 1. The van der Waals surface area contributed by atoms with Crippen LogP contribution in [-0.2, 0) is 6.54 Å². The number of amides is 1. The lowest BCUT2D eigenvalue weighted by Crippen LogP contribution is -2.31. The molecule has 1 N–H and O–H groups in total. The number of hydrogen-bond donors (Lipinski definition) is 1. The first-order chi connectivity index (χ1) is 10.0. The van der Waals surface area contributed by atoms with E-state index in [-0.39, 0.29) is 18.3 Å². The molecule has 110 valence electrons. The second-order valence-corrected chi connectivity index (χ2v) is 6.27. The summed E-state index contributed by atoms with van der Waals surface area (Å²) in [5.41, 5.74) is 0.893. The fourth-order valence-electron chi connectivity index (χ4n) is 1.91. The van der Waals surface area contributed by atoms with Gasteiger partial charge in [0.25, 0.3) is 5.91 Å². The highest BCUT2D eigenvalue weighted by atomic mass is 79.9. The van der Waals surface area contributed by atoms with Crippen LogP contribution in [-0.4, -0.2) is 22.3 Å². The third-order valence-corrected chi connectivity index (χ3v) is 3.83. The Bertz CT molecular complexity index is 669. The maximum absolute atomic E-state index is 13.8. The van der Waals surface area contributed by atoms with Gasteiger partial charge >= 0.3 is 0 Å². The van der Waals surface area contributed by atoms with Crippen LogP contribution in [0.25, 0.3) is 0 Å².